The minimum atomic E-state index is -5.08. The van der Waals surface area contributed by atoms with Crippen LogP contribution in [-0.2, 0) is 16.1 Å². The Kier molecular flexibility index (Phi) is 7.77. The fourth-order valence-electron chi connectivity index (χ4n) is 4.80. The van der Waals surface area contributed by atoms with E-state index in [-0.39, 0.29) is 29.0 Å². The van der Waals surface area contributed by atoms with E-state index in [1.54, 1.807) is 18.5 Å². The van der Waals surface area contributed by atoms with Gasteiger partial charge in [0.15, 0.2) is 5.78 Å². The van der Waals surface area contributed by atoms with E-state index in [1.165, 1.54) is 11.8 Å². The van der Waals surface area contributed by atoms with Gasteiger partial charge in [0.05, 0.1) is 27.6 Å². The Balaban J connectivity index is 0.000000426. The Morgan fingerprint density at radius 2 is 1.92 bits per heavy atom. The highest BCUT2D eigenvalue weighted by Crippen LogP contribution is 2.48. The van der Waals surface area contributed by atoms with E-state index in [0.29, 0.717) is 14.8 Å². The van der Waals surface area contributed by atoms with Gasteiger partial charge in [-0.25, -0.2) is 14.8 Å². The van der Waals surface area contributed by atoms with Crippen molar-refractivity contribution in [1.82, 2.24) is 19.7 Å². The average Bonchev–Trinajstić information content (AvgIpc) is 3.41. The highest BCUT2D eigenvalue weighted by Gasteiger charge is 2.47. The molecule has 1 spiro atoms. The molecule has 2 aromatic rings. The van der Waals surface area contributed by atoms with Crippen molar-refractivity contribution >= 4 is 46.8 Å². The molecule has 204 valence electrons. The number of nitrogens with two attached hydrogens (primary N) is 2. The van der Waals surface area contributed by atoms with E-state index in [9.17, 15) is 18.0 Å². The van der Waals surface area contributed by atoms with Gasteiger partial charge in [0.1, 0.15) is 11.7 Å². The van der Waals surface area contributed by atoms with Crippen LogP contribution in [-0.4, -0.2) is 61.6 Å². The number of likely N-dealkylation sites (tertiary alicyclic amines) is 1. The smallest absolute Gasteiger partial charge is 0.475 e. The number of fused-ring (bicyclic) bond motifs is 1. The summed E-state index contributed by atoms with van der Waals surface area (Å²) in [6.07, 6.45) is 1.87. The number of hydrogen-bond donors (Lipinski definition) is 3. The third-order valence-corrected chi connectivity index (χ3v) is 8.55. The van der Waals surface area contributed by atoms with E-state index in [2.05, 4.69) is 20.0 Å². The summed E-state index contributed by atoms with van der Waals surface area (Å²) in [5.41, 5.74) is 13.5. The summed E-state index contributed by atoms with van der Waals surface area (Å²) in [5, 5.41) is 11.9. The molecule has 1 saturated heterocycles. The van der Waals surface area contributed by atoms with Gasteiger partial charge < -0.3 is 21.5 Å². The van der Waals surface area contributed by atoms with Crippen LogP contribution in [0.4, 0.5) is 19.0 Å². The highest BCUT2D eigenvalue weighted by atomic mass is 35.5. The summed E-state index contributed by atoms with van der Waals surface area (Å²) >= 11 is 7.52. The van der Waals surface area contributed by atoms with Crippen molar-refractivity contribution in [3.8, 4) is 0 Å². The Morgan fingerprint density at radius 3 is 2.53 bits per heavy atom. The zero-order chi connectivity index (χ0) is 27.8. The number of carboxylic acids is 1. The number of aromatic nitrogens is 3. The van der Waals surface area contributed by atoms with Crippen molar-refractivity contribution in [2.24, 2.45) is 22.1 Å². The maximum Gasteiger partial charge on any atom is 0.490 e. The number of nitrogen functional groups attached to an aromatic ring is 1. The Morgan fingerprint density at radius 1 is 1.26 bits per heavy atom. The van der Waals surface area contributed by atoms with E-state index in [4.69, 9.17) is 33.0 Å². The number of aliphatic imine (C=N–C) groups is 1. The number of nitrogens with zero attached hydrogens (tertiary/aromatic N) is 5. The third-order valence-electron chi connectivity index (χ3n) is 6.96. The Labute approximate surface area is 224 Å². The van der Waals surface area contributed by atoms with Crippen LogP contribution in [0.3, 0.4) is 0 Å². The van der Waals surface area contributed by atoms with Crippen molar-refractivity contribution in [3.05, 3.63) is 46.3 Å². The van der Waals surface area contributed by atoms with Crippen molar-refractivity contribution < 1.29 is 27.9 Å². The van der Waals surface area contributed by atoms with Crippen LogP contribution in [0.5, 0.6) is 0 Å². The summed E-state index contributed by atoms with van der Waals surface area (Å²) in [4.78, 5) is 34.1. The van der Waals surface area contributed by atoms with Crippen LogP contribution >= 0.6 is 23.4 Å². The van der Waals surface area contributed by atoms with Gasteiger partial charge in [0.2, 0.25) is 0 Å². The molecular weight excluding hydrogens is 547 g/mol. The van der Waals surface area contributed by atoms with Crippen LogP contribution in [0.1, 0.15) is 31.5 Å². The zero-order valence-corrected chi connectivity index (χ0v) is 21.7. The first-order chi connectivity index (χ1) is 17.8. The average molecular weight is 572 g/mol. The molecule has 1 fully saturated rings. The number of carbonyl (C=O) groups excluding carboxylic acids is 1. The van der Waals surface area contributed by atoms with Gasteiger partial charge in [0, 0.05) is 48.5 Å². The van der Waals surface area contributed by atoms with Crippen molar-refractivity contribution in [2.75, 3.05) is 18.8 Å². The van der Waals surface area contributed by atoms with E-state index >= 15 is 0 Å². The number of anilines is 1. The number of rotatable bonds is 2. The quantitative estimate of drug-likeness (QED) is 0.491. The zero-order valence-electron chi connectivity index (χ0n) is 20.2. The number of carboxylic acid groups (broad SMARTS) is 1. The number of Topliss-reactive ketones (excluding diaryl/α,β-unsaturated/α-hetero) is 1. The molecule has 3 aliphatic heterocycles. The molecule has 3 aliphatic rings. The van der Waals surface area contributed by atoms with Gasteiger partial charge in [0.25, 0.3) is 0 Å². The lowest BCUT2D eigenvalue weighted by Gasteiger charge is -2.43. The maximum atomic E-state index is 13.1. The van der Waals surface area contributed by atoms with Gasteiger partial charge in [-0.1, -0.05) is 23.4 Å². The van der Waals surface area contributed by atoms with Crippen LogP contribution in [0.15, 0.2) is 45.5 Å². The largest absolute Gasteiger partial charge is 0.490 e. The number of alkyl halides is 3. The Hall–Kier alpha value is -3.10. The number of thioether (sulfide) groups is 1. The molecule has 5 rings (SSSR count). The highest BCUT2D eigenvalue weighted by molar-refractivity contribution is 8.04. The standard InChI is InChI=1S/C21H24ClN7OS.C2HF3O2/c1-12-17(30)15(31-14-3-6-25-19(24)16(14)22)10-26-20(12)28-8-4-21(5-9-28)11-29-13(18(21)23)2-7-27-29;3-2(4,5)1(6)7/h2-3,6-7,10,12,18H,4-5,8-9,11,23H2,1H3,(H2,24,25);(H,6,7)/t12-,18?;/m1./s1. The lowest BCUT2D eigenvalue weighted by atomic mass is 9.73. The number of aliphatic carboxylic acids is 1. The third kappa shape index (κ3) is 5.38. The number of halogens is 4. The van der Waals surface area contributed by atoms with E-state index < -0.39 is 12.1 Å². The topological polar surface area (TPSA) is 153 Å². The molecule has 1 unspecified atom stereocenters. The van der Waals surface area contributed by atoms with Crippen LogP contribution < -0.4 is 11.5 Å². The van der Waals surface area contributed by atoms with Gasteiger partial charge in [-0.2, -0.15) is 18.3 Å². The summed E-state index contributed by atoms with van der Waals surface area (Å²) in [5.74, 6) is -1.95. The van der Waals surface area contributed by atoms with Crippen molar-refractivity contribution in [3.63, 3.8) is 0 Å². The van der Waals surface area contributed by atoms with Crippen LogP contribution in [0, 0.1) is 11.3 Å². The van der Waals surface area contributed by atoms with Crippen molar-refractivity contribution in [1.29, 1.82) is 0 Å². The Bertz CT molecular complexity index is 1310. The molecule has 0 radical (unpaired) electrons. The summed E-state index contributed by atoms with van der Waals surface area (Å²) in [7, 11) is 0. The first-order valence-corrected chi connectivity index (χ1v) is 12.8. The molecule has 38 heavy (non-hydrogen) atoms. The molecule has 15 heteroatoms. The summed E-state index contributed by atoms with van der Waals surface area (Å²) < 4.78 is 33.8. The van der Waals surface area contributed by atoms with E-state index in [0.717, 1.165) is 44.0 Å². The predicted octanol–water partition coefficient (Wildman–Crippen LogP) is 3.49. The number of carbonyl (C=O) groups is 2. The lowest BCUT2D eigenvalue weighted by molar-refractivity contribution is -0.192. The molecule has 0 aliphatic carbocycles. The maximum absolute atomic E-state index is 13.1. The predicted molar refractivity (Wildman–Crippen MR) is 135 cm³/mol. The van der Waals surface area contributed by atoms with Gasteiger partial charge >= 0.3 is 12.1 Å². The van der Waals surface area contributed by atoms with Crippen molar-refractivity contribution in [2.45, 2.75) is 43.4 Å². The monoisotopic (exact) mass is 571 g/mol. The second-order valence-electron chi connectivity index (χ2n) is 9.22. The van der Waals surface area contributed by atoms with Gasteiger partial charge in [-0.3, -0.25) is 9.48 Å². The first kappa shape index (κ1) is 27.9. The lowest BCUT2D eigenvalue weighted by Crippen LogP contribution is -2.49. The fraction of sp³-hybridized carbons (Fsp3) is 0.435. The molecule has 0 aromatic carbocycles. The molecule has 0 amide bonds. The van der Waals surface area contributed by atoms with Gasteiger partial charge in [-0.05, 0) is 31.9 Å². The normalized spacial score (nSPS) is 22.4. The second kappa shape index (κ2) is 10.6. The molecule has 5 N–H and O–H groups in total. The molecule has 0 saturated carbocycles. The number of pyridine rings is 1. The molecule has 5 heterocycles. The van der Waals surface area contributed by atoms with Gasteiger partial charge in [-0.15, -0.1) is 0 Å². The fourth-order valence-corrected chi connectivity index (χ4v) is 5.97. The van der Waals surface area contributed by atoms with E-state index in [1.807, 2.05) is 23.9 Å². The number of piperidine rings is 1. The molecule has 10 nitrogen and oxygen atoms in total. The van der Waals surface area contributed by atoms with Crippen LogP contribution in [0.2, 0.25) is 5.02 Å². The second-order valence-corrected chi connectivity index (χ2v) is 10.7. The summed E-state index contributed by atoms with van der Waals surface area (Å²) in [6.45, 7) is 4.44. The minimum absolute atomic E-state index is 0.00458. The van der Waals surface area contributed by atoms with Crippen LogP contribution in [0.25, 0.3) is 0 Å². The number of allylic oxidation sites excluding steroid dienone is 1. The number of ketones is 1. The molecule has 0 bridgehead atoms. The SMILES string of the molecule is C[C@@H]1C(=O)C(Sc2ccnc(N)c2Cl)=CN=C1N1CCC2(CC1)Cn1nccc1C2N.O=C(O)C(F)(F)F. The first-order valence-electron chi connectivity index (χ1n) is 11.6. The summed E-state index contributed by atoms with van der Waals surface area (Å²) in [6, 6.07) is 3.77. The number of hydrogen-bond acceptors (Lipinski definition) is 9. The molecular formula is C23H25ClF3N7O3S. The number of amidine groups is 1. The minimum Gasteiger partial charge on any atom is -0.475 e. The molecule has 2 atom stereocenters. The molecule has 2 aromatic heterocycles.